The summed E-state index contributed by atoms with van der Waals surface area (Å²) in [5, 5.41) is 8.17. The molecule has 0 saturated carbocycles. The maximum atomic E-state index is 5.48. The molecule has 4 aromatic heterocycles. The Labute approximate surface area is 147 Å². The maximum absolute atomic E-state index is 5.48. The van der Waals surface area contributed by atoms with E-state index in [1.54, 1.807) is 28.9 Å². The van der Waals surface area contributed by atoms with Crippen LogP contribution in [-0.4, -0.2) is 15.0 Å². The van der Waals surface area contributed by atoms with Crippen LogP contribution in [-0.2, 0) is 19.6 Å². The number of hydrogen-bond donors (Lipinski definition) is 0. The summed E-state index contributed by atoms with van der Waals surface area (Å²) in [6.07, 6.45) is 1.69. The predicted molar refractivity (Wildman–Crippen MR) is 93.6 cm³/mol. The van der Waals surface area contributed by atoms with Gasteiger partial charge in [0.2, 0.25) is 11.7 Å². The monoisotopic (exact) mass is 357 g/mol. The third-order valence-corrected chi connectivity index (χ3v) is 5.21. The Hall–Kier alpha value is -2.22. The van der Waals surface area contributed by atoms with E-state index in [0.717, 1.165) is 17.2 Å². The zero-order valence-electron chi connectivity index (χ0n) is 12.8. The van der Waals surface area contributed by atoms with Crippen molar-refractivity contribution in [2.75, 3.05) is 0 Å². The molecule has 0 saturated heterocycles. The summed E-state index contributed by atoms with van der Waals surface area (Å²) in [6.45, 7) is 2.09. The van der Waals surface area contributed by atoms with Gasteiger partial charge in [-0.3, -0.25) is 4.90 Å². The lowest BCUT2D eigenvalue weighted by Gasteiger charge is -2.18. The second-order valence-electron chi connectivity index (χ2n) is 5.29. The first-order chi connectivity index (χ1) is 11.9. The third kappa shape index (κ3) is 3.64. The average Bonchev–Trinajstić information content (AvgIpc) is 3.37. The van der Waals surface area contributed by atoms with E-state index in [-0.39, 0.29) is 0 Å². The fraction of sp³-hybridized carbons (Fsp3) is 0.176. The maximum Gasteiger partial charge on any atom is 0.241 e. The molecule has 0 atom stereocenters. The zero-order valence-corrected chi connectivity index (χ0v) is 14.4. The molecule has 4 rings (SSSR count). The van der Waals surface area contributed by atoms with E-state index < -0.39 is 0 Å². The van der Waals surface area contributed by atoms with Crippen LogP contribution in [0.2, 0.25) is 0 Å². The topological polar surface area (TPSA) is 55.3 Å². The van der Waals surface area contributed by atoms with Crippen LogP contribution in [0.3, 0.4) is 0 Å². The van der Waals surface area contributed by atoms with Crippen molar-refractivity contribution < 1.29 is 8.94 Å². The van der Waals surface area contributed by atoms with E-state index in [1.165, 1.54) is 4.88 Å². The first-order valence-corrected chi connectivity index (χ1v) is 9.26. The number of furan rings is 1. The highest BCUT2D eigenvalue weighted by Crippen LogP contribution is 2.22. The van der Waals surface area contributed by atoms with E-state index >= 15 is 0 Å². The highest BCUT2D eigenvalue weighted by molar-refractivity contribution is 7.13. The van der Waals surface area contributed by atoms with Crippen molar-refractivity contribution in [2.45, 2.75) is 19.6 Å². The molecule has 0 aliphatic rings. The van der Waals surface area contributed by atoms with Gasteiger partial charge in [0.05, 0.1) is 24.2 Å². The van der Waals surface area contributed by atoms with Crippen molar-refractivity contribution in [3.63, 3.8) is 0 Å². The fourth-order valence-corrected chi connectivity index (χ4v) is 3.83. The molecule has 0 bridgehead atoms. The average molecular weight is 357 g/mol. The van der Waals surface area contributed by atoms with Gasteiger partial charge in [0, 0.05) is 11.4 Å². The van der Waals surface area contributed by atoms with Crippen LogP contribution < -0.4 is 0 Å². The second-order valence-corrected chi connectivity index (χ2v) is 7.27. The van der Waals surface area contributed by atoms with Gasteiger partial charge < -0.3 is 8.94 Å². The lowest BCUT2D eigenvalue weighted by Crippen LogP contribution is -2.21. The molecular weight excluding hydrogens is 342 g/mol. The van der Waals surface area contributed by atoms with E-state index in [1.807, 2.05) is 29.6 Å². The van der Waals surface area contributed by atoms with Crippen molar-refractivity contribution in [3.05, 3.63) is 69.9 Å². The van der Waals surface area contributed by atoms with Crippen molar-refractivity contribution in [1.82, 2.24) is 15.0 Å². The molecule has 5 nitrogen and oxygen atoms in total. The molecule has 0 aliphatic carbocycles. The van der Waals surface area contributed by atoms with Gasteiger partial charge in [0.25, 0.3) is 0 Å². The molecule has 0 aliphatic heterocycles. The van der Waals surface area contributed by atoms with Gasteiger partial charge in [-0.1, -0.05) is 17.3 Å². The van der Waals surface area contributed by atoms with Gasteiger partial charge in [-0.05, 0) is 35.0 Å². The Balaban J connectivity index is 1.50. The van der Waals surface area contributed by atoms with Gasteiger partial charge in [-0.15, -0.1) is 22.7 Å². The van der Waals surface area contributed by atoms with E-state index in [2.05, 4.69) is 32.6 Å². The minimum absolute atomic E-state index is 0.580. The molecule has 0 spiro atoms. The van der Waals surface area contributed by atoms with Crippen molar-refractivity contribution in [2.24, 2.45) is 0 Å². The van der Waals surface area contributed by atoms with Crippen LogP contribution in [0, 0.1) is 0 Å². The minimum atomic E-state index is 0.580. The van der Waals surface area contributed by atoms with E-state index in [9.17, 15) is 0 Å². The first-order valence-electron chi connectivity index (χ1n) is 7.50. The molecule has 7 heteroatoms. The van der Waals surface area contributed by atoms with Crippen LogP contribution >= 0.6 is 22.7 Å². The number of thiophene rings is 2. The number of aromatic nitrogens is 2. The summed E-state index contributed by atoms with van der Waals surface area (Å²) in [6, 6.07) is 12.0. The van der Waals surface area contributed by atoms with Gasteiger partial charge in [-0.2, -0.15) is 4.98 Å². The Bertz CT molecular complexity index is 816. The molecule has 4 heterocycles. The van der Waals surface area contributed by atoms with E-state index in [0.29, 0.717) is 24.8 Å². The summed E-state index contributed by atoms with van der Waals surface area (Å²) < 4.78 is 10.9. The Morgan fingerprint density at radius 1 is 0.958 bits per heavy atom. The van der Waals surface area contributed by atoms with Gasteiger partial charge >= 0.3 is 0 Å². The third-order valence-electron chi connectivity index (χ3n) is 3.49. The highest BCUT2D eigenvalue weighted by atomic mass is 32.1. The normalized spacial score (nSPS) is 11.4. The predicted octanol–water partition coefficient (Wildman–Crippen LogP) is 4.66. The Kier molecular flexibility index (Phi) is 4.55. The van der Waals surface area contributed by atoms with Crippen molar-refractivity contribution in [1.29, 1.82) is 0 Å². The molecular formula is C17H15N3O2S2. The minimum Gasteiger partial charge on any atom is -0.468 e. The molecule has 0 amide bonds. The van der Waals surface area contributed by atoms with Gasteiger partial charge in [0.15, 0.2) is 0 Å². The molecule has 0 unspecified atom stereocenters. The van der Waals surface area contributed by atoms with Crippen LogP contribution in [0.15, 0.2) is 62.4 Å². The van der Waals surface area contributed by atoms with Crippen LogP contribution in [0.5, 0.6) is 0 Å². The standard InChI is InChI=1S/C17H15N3O2S2/c1-4-13(21-7-1)10-20(11-14-5-2-8-23-14)12-16-18-17(19-22-16)15-6-3-9-24-15/h1-9H,10-12H2. The summed E-state index contributed by atoms with van der Waals surface area (Å²) in [4.78, 5) is 9.05. The van der Waals surface area contributed by atoms with Gasteiger partial charge in [-0.25, -0.2) is 0 Å². The molecule has 0 aromatic carbocycles. The van der Waals surface area contributed by atoms with Crippen molar-refractivity contribution in [3.8, 4) is 10.7 Å². The van der Waals surface area contributed by atoms with Crippen LogP contribution in [0.4, 0.5) is 0 Å². The highest BCUT2D eigenvalue weighted by Gasteiger charge is 2.16. The smallest absolute Gasteiger partial charge is 0.241 e. The number of hydrogen-bond acceptors (Lipinski definition) is 7. The van der Waals surface area contributed by atoms with Crippen LogP contribution in [0.1, 0.15) is 16.5 Å². The SMILES string of the molecule is c1coc(CN(Cc2nc(-c3cccs3)no2)Cc2cccs2)c1. The molecule has 122 valence electrons. The summed E-state index contributed by atoms with van der Waals surface area (Å²) in [5.41, 5.74) is 0. The Morgan fingerprint density at radius 2 is 1.88 bits per heavy atom. The van der Waals surface area contributed by atoms with Crippen LogP contribution in [0.25, 0.3) is 10.7 Å². The Morgan fingerprint density at radius 3 is 2.62 bits per heavy atom. The molecule has 24 heavy (non-hydrogen) atoms. The fourth-order valence-electron chi connectivity index (χ4n) is 2.43. The van der Waals surface area contributed by atoms with E-state index in [4.69, 9.17) is 8.94 Å². The molecule has 4 aromatic rings. The van der Waals surface area contributed by atoms with Crippen molar-refractivity contribution >= 4 is 22.7 Å². The van der Waals surface area contributed by atoms with Gasteiger partial charge in [0.1, 0.15) is 5.76 Å². The molecule has 0 radical (unpaired) electrons. The summed E-state index contributed by atoms with van der Waals surface area (Å²) >= 11 is 3.34. The first kappa shape index (κ1) is 15.3. The number of rotatable bonds is 7. The quantitative estimate of drug-likeness (QED) is 0.482. The lowest BCUT2D eigenvalue weighted by molar-refractivity contribution is 0.198. The summed E-state index contributed by atoms with van der Waals surface area (Å²) in [5.74, 6) is 2.18. The number of nitrogens with zero attached hydrogens (tertiary/aromatic N) is 3. The largest absolute Gasteiger partial charge is 0.468 e. The zero-order chi connectivity index (χ0) is 16.2. The molecule has 0 N–H and O–H groups in total. The summed E-state index contributed by atoms with van der Waals surface area (Å²) in [7, 11) is 0. The lowest BCUT2D eigenvalue weighted by atomic mass is 10.3. The molecule has 0 fully saturated rings. The second kappa shape index (κ2) is 7.12.